The van der Waals surface area contributed by atoms with Crippen molar-refractivity contribution in [2.45, 2.75) is 44.6 Å². The molecule has 4 heteroatoms. The first-order chi connectivity index (χ1) is 8.92. The van der Waals surface area contributed by atoms with E-state index in [-0.39, 0.29) is 0 Å². The van der Waals surface area contributed by atoms with Gasteiger partial charge in [-0.3, -0.25) is 4.68 Å². The molecule has 3 rings (SSSR count). The molecule has 0 bridgehead atoms. The molecule has 0 spiro atoms. The van der Waals surface area contributed by atoms with Gasteiger partial charge in [0.2, 0.25) is 0 Å². The van der Waals surface area contributed by atoms with Crippen molar-refractivity contribution in [1.82, 2.24) is 15.1 Å². The van der Waals surface area contributed by atoms with Gasteiger partial charge in [-0.15, -0.1) is 0 Å². The highest BCUT2D eigenvalue weighted by Gasteiger charge is 2.18. The van der Waals surface area contributed by atoms with Gasteiger partial charge in [0.25, 0.3) is 0 Å². The lowest BCUT2D eigenvalue weighted by molar-refractivity contribution is 0.218. The van der Waals surface area contributed by atoms with Gasteiger partial charge in [0.1, 0.15) is 0 Å². The highest BCUT2D eigenvalue weighted by atomic mass is 16.5. The minimum atomic E-state index is 0.610. The second-order valence-corrected chi connectivity index (χ2v) is 5.62. The van der Waals surface area contributed by atoms with Crippen molar-refractivity contribution in [2.75, 3.05) is 19.7 Å². The van der Waals surface area contributed by atoms with Crippen molar-refractivity contribution in [3.8, 4) is 5.75 Å². The molecule has 1 aliphatic carbocycles. The molecule has 1 saturated carbocycles. The summed E-state index contributed by atoms with van der Waals surface area (Å²) >= 11 is 0. The minimum Gasteiger partial charge on any atom is -0.490 e. The average molecular weight is 249 g/mol. The average Bonchev–Trinajstić information content (AvgIpc) is 3.08. The maximum atomic E-state index is 5.86. The maximum absolute atomic E-state index is 5.86. The largest absolute Gasteiger partial charge is 0.490 e. The van der Waals surface area contributed by atoms with Crippen LogP contribution in [-0.2, 0) is 0 Å². The molecule has 0 radical (unpaired) electrons. The molecule has 2 aliphatic rings. The van der Waals surface area contributed by atoms with Gasteiger partial charge >= 0.3 is 0 Å². The first kappa shape index (κ1) is 12.0. The van der Waals surface area contributed by atoms with E-state index in [1.165, 1.54) is 38.5 Å². The number of rotatable bonds is 4. The Labute approximate surface area is 109 Å². The van der Waals surface area contributed by atoms with Gasteiger partial charge in [0.15, 0.2) is 5.75 Å². The van der Waals surface area contributed by atoms with E-state index in [9.17, 15) is 0 Å². The first-order valence-electron chi connectivity index (χ1n) is 7.29. The molecule has 0 amide bonds. The van der Waals surface area contributed by atoms with Crippen LogP contribution in [0.4, 0.5) is 0 Å². The summed E-state index contributed by atoms with van der Waals surface area (Å²) in [6.07, 6.45) is 11.7. The van der Waals surface area contributed by atoms with E-state index in [0.29, 0.717) is 12.0 Å². The Hall–Kier alpha value is -1.03. The van der Waals surface area contributed by atoms with Gasteiger partial charge in [-0.25, -0.2) is 0 Å². The molecular formula is C14H23N3O. The third-order valence-corrected chi connectivity index (χ3v) is 4.16. The van der Waals surface area contributed by atoms with E-state index in [1.807, 2.05) is 6.20 Å². The third kappa shape index (κ3) is 2.86. The van der Waals surface area contributed by atoms with Crippen LogP contribution in [0.1, 0.15) is 44.6 Å². The van der Waals surface area contributed by atoms with E-state index >= 15 is 0 Å². The molecule has 1 aromatic heterocycles. The van der Waals surface area contributed by atoms with Crippen molar-refractivity contribution >= 4 is 0 Å². The van der Waals surface area contributed by atoms with Crippen LogP contribution in [0.15, 0.2) is 12.4 Å². The molecule has 100 valence electrons. The van der Waals surface area contributed by atoms with Crippen molar-refractivity contribution in [3.63, 3.8) is 0 Å². The zero-order chi connectivity index (χ0) is 12.2. The highest BCUT2D eigenvalue weighted by molar-refractivity contribution is 5.12. The fourth-order valence-corrected chi connectivity index (χ4v) is 3.04. The predicted molar refractivity (Wildman–Crippen MR) is 70.8 cm³/mol. The van der Waals surface area contributed by atoms with Crippen molar-refractivity contribution in [3.05, 3.63) is 12.4 Å². The van der Waals surface area contributed by atoms with Gasteiger partial charge in [0, 0.05) is 12.5 Å². The van der Waals surface area contributed by atoms with E-state index < -0.39 is 0 Å². The van der Waals surface area contributed by atoms with Crippen molar-refractivity contribution < 1.29 is 4.74 Å². The van der Waals surface area contributed by atoms with Crippen molar-refractivity contribution in [2.24, 2.45) is 5.92 Å². The molecule has 1 saturated heterocycles. The van der Waals surface area contributed by atoms with Crippen LogP contribution in [0.3, 0.4) is 0 Å². The van der Waals surface area contributed by atoms with Crippen LogP contribution >= 0.6 is 0 Å². The van der Waals surface area contributed by atoms with E-state index in [4.69, 9.17) is 4.74 Å². The summed E-state index contributed by atoms with van der Waals surface area (Å²) in [7, 11) is 0. The SMILES string of the molecule is c1nn(C2CCCC2)cc1OCC1CCCNC1. The van der Waals surface area contributed by atoms with Crippen LogP contribution < -0.4 is 10.1 Å². The fourth-order valence-electron chi connectivity index (χ4n) is 3.04. The topological polar surface area (TPSA) is 39.1 Å². The molecule has 1 unspecified atom stereocenters. The van der Waals surface area contributed by atoms with E-state index in [0.717, 1.165) is 25.4 Å². The standard InChI is InChI=1S/C14H23N3O/c1-2-6-13(5-1)17-10-14(9-16-17)18-11-12-4-3-7-15-8-12/h9-10,12-13,15H,1-8,11H2. The Bertz CT molecular complexity index is 365. The summed E-state index contributed by atoms with van der Waals surface area (Å²) in [6.45, 7) is 3.08. The lowest BCUT2D eigenvalue weighted by Gasteiger charge is -2.22. The Balaban J connectivity index is 1.50. The van der Waals surface area contributed by atoms with Crippen LogP contribution in [0, 0.1) is 5.92 Å². The molecule has 18 heavy (non-hydrogen) atoms. The minimum absolute atomic E-state index is 0.610. The molecule has 1 aromatic rings. The summed E-state index contributed by atoms with van der Waals surface area (Å²) < 4.78 is 7.96. The molecule has 1 N–H and O–H groups in total. The number of hydrogen-bond acceptors (Lipinski definition) is 3. The quantitative estimate of drug-likeness (QED) is 0.890. The Morgan fingerprint density at radius 1 is 1.28 bits per heavy atom. The smallest absolute Gasteiger partial charge is 0.157 e. The molecular weight excluding hydrogens is 226 g/mol. The van der Waals surface area contributed by atoms with E-state index in [1.54, 1.807) is 0 Å². The van der Waals surface area contributed by atoms with E-state index in [2.05, 4.69) is 21.3 Å². The number of nitrogens with one attached hydrogen (secondary N) is 1. The van der Waals surface area contributed by atoms with Crippen LogP contribution in [0.25, 0.3) is 0 Å². The van der Waals surface area contributed by atoms with Gasteiger partial charge in [-0.2, -0.15) is 5.10 Å². The second kappa shape index (κ2) is 5.74. The molecule has 2 heterocycles. The summed E-state index contributed by atoms with van der Waals surface area (Å²) in [5.41, 5.74) is 0. The fraction of sp³-hybridized carbons (Fsp3) is 0.786. The van der Waals surface area contributed by atoms with Crippen LogP contribution in [-0.4, -0.2) is 29.5 Å². The summed E-state index contributed by atoms with van der Waals surface area (Å²) in [4.78, 5) is 0. The van der Waals surface area contributed by atoms with Gasteiger partial charge in [-0.05, 0) is 32.2 Å². The monoisotopic (exact) mass is 249 g/mol. The molecule has 2 fully saturated rings. The van der Waals surface area contributed by atoms with Crippen LogP contribution in [0.2, 0.25) is 0 Å². The Morgan fingerprint density at radius 3 is 2.94 bits per heavy atom. The number of aromatic nitrogens is 2. The number of hydrogen-bond donors (Lipinski definition) is 1. The zero-order valence-electron chi connectivity index (χ0n) is 11.0. The molecule has 4 nitrogen and oxygen atoms in total. The highest BCUT2D eigenvalue weighted by Crippen LogP contribution is 2.29. The maximum Gasteiger partial charge on any atom is 0.157 e. The molecule has 1 aliphatic heterocycles. The molecule has 0 aromatic carbocycles. The first-order valence-corrected chi connectivity index (χ1v) is 7.29. The Morgan fingerprint density at radius 2 is 2.17 bits per heavy atom. The van der Waals surface area contributed by atoms with Gasteiger partial charge in [-0.1, -0.05) is 12.8 Å². The predicted octanol–water partition coefficient (Wildman–Crippen LogP) is 2.38. The molecule has 1 atom stereocenters. The van der Waals surface area contributed by atoms with Crippen LogP contribution in [0.5, 0.6) is 5.75 Å². The number of piperidine rings is 1. The Kier molecular flexibility index (Phi) is 3.84. The normalized spacial score (nSPS) is 25.4. The third-order valence-electron chi connectivity index (χ3n) is 4.16. The second-order valence-electron chi connectivity index (χ2n) is 5.62. The lowest BCUT2D eigenvalue weighted by atomic mass is 10.0. The van der Waals surface area contributed by atoms with Gasteiger partial charge < -0.3 is 10.1 Å². The summed E-state index contributed by atoms with van der Waals surface area (Å²) in [5, 5.41) is 7.86. The zero-order valence-corrected chi connectivity index (χ0v) is 11.0. The number of nitrogens with zero attached hydrogens (tertiary/aromatic N) is 2. The summed E-state index contributed by atoms with van der Waals surface area (Å²) in [6, 6.07) is 0.610. The van der Waals surface area contributed by atoms with Gasteiger partial charge in [0.05, 0.1) is 25.0 Å². The van der Waals surface area contributed by atoms with Crippen molar-refractivity contribution in [1.29, 1.82) is 0 Å². The summed E-state index contributed by atoms with van der Waals surface area (Å²) in [5.74, 6) is 1.60. The lowest BCUT2D eigenvalue weighted by Crippen LogP contribution is -2.32. The number of ether oxygens (including phenoxy) is 1.